The van der Waals surface area contributed by atoms with Crippen molar-refractivity contribution in [2.75, 3.05) is 0 Å². The van der Waals surface area contributed by atoms with Gasteiger partial charge < -0.3 is 11.1 Å². The Kier molecular flexibility index (Phi) is 4.59. The fourth-order valence-electron chi connectivity index (χ4n) is 1.78. The molecule has 2 amide bonds. The molecular weight excluding hydrogens is 295 g/mol. The zero-order chi connectivity index (χ0) is 15.4. The molecule has 6 nitrogen and oxygen atoms in total. The number of nitrogens with two attached hydrogens (primary N) is 1. The van der Waals surface area contributed by atoms with Gasteiger partial charge in [-0.3, -0.25) is 9.59 Å². The van der Waals surface area contributed by atoms with Gasteiger partial charge in [0.25, 0.3) is 5.91 Å². The van der Waals surface area contributed by atoms with E-state index >= 15 is 0 Å². The summed E-state index contributed by atoms with van der Waals surface area (Å²) in [6.45, 7) is 1.85. The first-order valence-corrected chi connectivity index (χ1v) is 6.97. The molecule has 0 aliphatic heterocycles. The summed E-state index contributed by atoms with van der Waals surface area (Å²) < 4.78 is 16.6. The number of halogens is 1. The quantitative estimate of drug-likeness (QED) is 0.867. The Balaban J connectivity index is 2.23. The molecule has 0 radical (unpaired) electrons. The number of aryl methyl sites for hydroxylation is 1. The summed E-state index contributed by atoms with van der Waals surface area (Å²) in [5.41, 5.74) is 6.27. The van der Waals surface area contributed by atoms with Crippen LogP contribution in [-0.2, 0) is 11.2 Å². The molecule has 110 valence electrons. The topological polar surface area (TPSA) is 98.0 Å². The lowest BCUT2D eigenvalue weighted by Gasteiger charge is -2.15. The maximum Gasteiger partial charge on any atom is 0.265 e. The number of nitrogens with zero attached hydrogens (tertiary/aromatic N) is 2. The smallest absolute Gasteiger partial charge is 0.265 e. The molecule has 0 aliphatic carbocycles. The summed E-state index contributed by atoms with van der Waals surface area (Å²) in [6.07, 6.45) is 0.553. The summed E-state index contributed by atoms with van der Waals surface area (Å²) in [7, 11) is 0. The van der Waals surface area contributed by atoms with Crippen LogP contribution in [0.15, 0.2) is 24.3 Å². The first-order valence-electron chi connectivity index (χ1n) is 6.19. The number of benzene rings is 1. The van der Waals surface area contributed by atoms with Gasteiger partial charge in [-0.1, -0.05) is 23.5 Å². The van der Waals surface area contributed by atoms with Crippen molar-refractivity contribution < 1.29 is 14.0 Å². The summed E-state index contributed by atoms with van der Waals surface area (Å²) in [4.78, 5) is 24.0. The second-order valence-corrected chi connectivity index (χ2v) is 5.02. The minimum absolute atomic E-state index is 0.339. The fourth-order valence-corrected chi connectivity index (χ4v) is 2.44. The predicted octanol–water partition coefficient (Wildman–Crippen LogP) is 1.20. The molecule has 0 bridgehead atoms. The molecule has 1 aromatic heterocycles. The molecule has 0 saturated heterocycles. The van der Waals surface area contributed by atoms with Crippen LogP contribution in [0.25, 0.3) is 0 Å². The Morgan fingerprint density at radius 2 is 2.05 bits per heavy atom. The van der Waals surface area contributed by atoms with Crippen LogP contribution >= 0.6 is 11.5 Å². The average molecular weight is 308 g/mol. The maximum absolute atomic E-state index is 12.9. The number of hydrogen-bond acceptors (Lipinski definition) is 5. The van der Waals surface area contributed by atoms with Gasteiger partial charge in [-0.15, -0.1) is 5.10 Å². The second kappa shape index (κ2) is 6.40. The van der Waals surface area contributed by atoms with Crippen LogP contribution in [0.1, 0.15) is 33.9 Å². The number of carbonyl (C=O) groups excluding carboxylic acids is 2. The molecule has 1 unspecified atom stereocenters. The van der Waals surface area contributed by atoms with Crippen molar-refractivity contribution in [1.82, 2.24) is 14.9 Å². The molecule has 8 heteroatoms. The minimum Gasteiger partial charge on any atom is -0.368 e. The van der Waals surface area contributed by atoms with Crippen molar-refractivity contribution in [2.24, 2.45) is 5.73 Å². The molecule has 3 N–H and O–H groups in total. The average Bonchev–Trinajstić information content (AvgIpc) is 2.94. The van der Waals surface area contributed by atoms with Gasteiger partial charge in [0.05, 0.1) is 5.69 Å². The first-order chi connectivity index (χ1) is 10.0. The number of carbonyl (C=O) groups is 2. The van der Waals surface area contributed by atoms with Gasteiger partial charge in [0.15, 0.2) is 0 Å². The number of amides is 2. The zero-order valence-electron chi connectivity index (χ0n) is 11.2. The fraction of sp³-hybridized carbons (Fsp3) is 0.231. The van der Waals surface area contributed by atoms with Crippen LogP contribution in [-0.4, -0.2) is 21.4 Å². The lowest BCUT2D eigenvalue weighted by molar-refractivity contribution is -0.120. The highest BCUT2D eigenvalue weighted by atomic mass is 32.1. The molecule has 1 aromatic carbocycles. The summed E-state index contributed by atoms with van der Waals surface area (Å²) in [5, 5.41) is 6.36. The Labute approximate surface area is 124 Å². The third kappa shape index (κ3) is 3.40. The molecule has 1 heterocycles. The van der Waals surface area contributed by atoms with Crippen LogP contribution < -0.4 is 11.1 Å². The van der Waals surface area contributed by atoms with E-state index in [1.54, 1.807) is 0 Å². The highest BCUT2D eigenvalue weighted by Gasteiger charge is 2.23. The van der Waals surface area contributed by atoms with Gasteiger partial charge >= 0.3 is 0 Å². The first kappa shape index (κ1) is 15.0. The molecule has 2 rings (SSSR count). The van der Waals surface area contributed by atoms with Crippen molar-refractivity contribution in [3.05, 3.63) is 46.2 Å². The Hall–Kier alpha value is -2.35. The van der Waals surface area contributed by atoms with Gasteiger partial charge in [-0.05, 0) is 35.6 Å². The molecule has 21 heavy (non-hydrogen) atoms. The van der Waals surface area contributed by atoms with E-state index in [1.165, 1.54) is 24.3 Å². The number of rotatable bonds is 5. The van der Waals surface area contributed by atoms with E-state index in [-0.39, 0.29) is 0 Å². The molecular formula is C13H13FN4O2S. The number of nitrogens with one attached hydrogen (secondary N) is 1. The standard InChI is InChI=1S/C13H13FN4O2S/c1-2-9-11(21-18-17-9)13(20)16-10(12(15)19)7-3-5-8(14)6-4-7/h3-6,10H,2H2,1H3,(H2,15,19)(H,16,20). The number of hydrogen-bond donors (Lipinski definition) is 2. The van der Waals surface area contributed by atoms with E-state index in [2.05, 4.69) is 14.9 Å². The van der Waals surface area contributed by atoms with E-state index in [9.17, 15) is 14.0 Å². The van der Waals surface area contributed by atoms with Gasteiger partial charge in [-0.2, -0.15) is 0 Å². The molecule has 0 aliphatic rings. The van der Waals surface area contributed by atoms with E-state index in [0.717, 1.165) is 11.5 Å². The summed E-state index contributed by atoms with van der Waals surface area (Å²) in [5.74, 6) is -1.64. The molecule has 0 fully saturated rings. The van der Waals surface area contributed by atoms with Crippen LogP contribution in [0.4, 0.5) is 4.39 Å². The van der Waals surface area contributed by atoms with Crippen LogP contribution in [0.2, 0.25) is 0 Å². The van der Waals surface area contributed by atoms with Crippen LogP contribution in [0.5, 0.6) is 0 Å². The monoisotopic (exact) mass is 308 g/mol. The predicted molar refractivity (Wildman–Crippen MR) is 75.1 cm³/mol. The van der Waals surface area contributed by atoms with Gasteiger partial charge in [0.1, 0.15) is 16.7 Å². The van der Waals surface area contributed by atoms with E-state index in [0.29, 0.717) is 22.6 Å². The Morgan fingerprint density at radius 1 is 1.38 bits per heavy atom. The van der Waals surface area contributed by atoms with E-state index in [1.807, 2.05) is 6.92 Å². The Morgan fingerprint density at radius 3 is 2.62 bits per heavy atom. The van der Waals surface area contributed by atoms with Crippen molar-refractivity contribution >= 4 is 23.3 Å². The largest absolute Gasteiger partial charge is 0.368 e. The van der Waals surface area contributed by atoms with Gasteiger partial charge in [-0.25, -0.2) is 4.39 Å². The van der Waals surface area contributed by atoms with Crippen molar-refractivity contribution in [2.45, 2.75) is 19.4 Å². The minimum atomic E-state index is -1.04. The third-order valence-corrected chi connectivity index (χ3v) is 3.63. The number of primary amides is 1. The molecule has 0 spiro atoms. The molecule has 1 atom stereocenters. The van der Waals surface area contributed by atoms with Gasteiger partial charge in [0.2, 0.25) is 5.91 Å². The molecule has 2 aromatic rings. The second-order valence-electron chi connectivity index (χ2n) is 4.26. The summed E-state index contributed by atoms with van der Waals surface area (Å²) in [6, 6.07) is 4.16. The van der Waals surface area contributed by atoms with Crippen LogP contribution in [0, 0.1) is 5.82 Å². The van der Waals surface area contributed by atoms with Crippen molar-refractivity contribution in [3.63, 3.8) is 0 Å². The maximum atomic E-state index is 12.9. The Bertz CT molecular complexity index is 656. The highest BCUT2D eigenvalue weighted by Crippen LogP contribution is 2.17. The van der Waals surface area contributed by atoms with E-state index < -0.39 is 23.7 Å². The molecule has 0 saturated carbocycles. The summed E-state index contributed by atoms with van der Waals surface area (Å²) >= 11 is 0.948. The van der Waals surface area contributed by atoms with Gasteiger partial charge in [0, 0.05) is 0 Å². The lowest BCUT2D eigenvalue weighted by Crippen LogP contribution is -2.37. The zero-order valence-corrected chi connectivity index (χ0v) is 12.0. The van der Waals surface area contributed by atoms with Crippen LogP contribution in [0.3, 0.4) is 0 Å². The lowest BCUT2D eigenvalue weighted by atomic mass is 10.1. The SMILES string of the molecule is CCc1nnsc1C(=O)NC(C(N)=O)c1ccc(F)cc1. The normalized spacial score (nSPS) is 11.9. The van der Waals surface area contributed by atoms with E-state index in [4.69, 9.17) is 5.73 Å². The third-order valence-electron chi connectivity index (χ3n) is 2.86. The highest BCUT2D eigenvalue weighted by molar-refractivity contribution is 7.08. The van der Waals surface area contributed by atoms with Crippen molar-refractivity contribution in [1.29, 1.82) is 0 Å². The van der Waals surface area contributed by atoms with Crippen molar-refractivity contribution in [3.8, 4) is 0 Å². The number of aromatic nitrogens is 2.